The highest BCUT2D eigenvalue weighted by molar-refractivity contribution is 5.85. The normalized spacial score (nSPS) is 30.1. The standard InChI is InChI=1S/C16H29N3O3/c1-4-5-12-10-18(11(2)3)8-6-13(12)19-9-7-14(15(19)20)22-16(17)21/h11-14H,4-10H2,1-3H3,(H2,17,21)/t12-,13-,14-/m0/s1. The second-order valence-electron chi connectivity index (χ2n) is 6.74. The van der Waals surface area contributed by atoms with Crippen molar-refractivity contribution in [2.24, 2.45) is 11.7 Å². The Morgan fingerprint density at radius 2 is 2.09 bits per heavy atom. The summed E-state index contributed by atoms with van der Waals surface area (Å²) in [4.78, 5) is 27.8. The molecule has 2 saturated heterocycles. The van der Waals surface area contributed by atoms with E-state index in [1.165, 1.54) is 0 Å². The molecule has 0 spiro atoms. The molecular weight excluding hydrogens is 282 g/mol. The van der Waals surface area contributed by atoms with E-state index in [1.54, 1.807) is 0 Å². The first-order valence-electron chi connectivity index (χ1n) is 8.44. The third-order valence-electron chi connectivity index (χ3n) is 4.96. The van der Waals surface area contributed by atoms with E-state index in [-0.39, 0.29) is 11.9 Å². The summed E-state index contributed by atoms with van der Waals surface area (Å²) in [6.45, 7) is 9.37. The quantitative estimate of drug-likeness (QED) is 0.836. The van der Waals surface area contributed by atoms with Crippen LogP contribution in [0.2, 0.25) is 0 Å². The number of amides is 2. The summed E-state index contributed by atoms with van der Waals surface area (Å²) in [5, 5.41) is 0. The van der Waals surface area contributed by atoms with Crippen LogP contribution in [0.5, 0.6) is 0 Å². The topological polar surface area (TPSA) is 75.9 Å². The molecule has 0 bridgehead atoms. The molecule has 2 heterocycles. The lowest BCUT2D eigenvalue weighted by Gasteiger charge is -2.44. The van der Waals surface area contributed by atoms with Crippen molar-refractivity contribution in [3.8, 4) is 0 Å². The van der Waals surface area contributed by atoms with Gasteiger partial charge in [-0.3, -0.25) is 4.79 Å². The highest BCUT2D eigenvalue weighted by atomic mass is 16.6. The van der Waals surface area contributed by atoms with Gasteiger partial charge in [0.05, 0.1) is 0 Å². The van der Waals surface area contributed by atoms with Gasteiger partial charge in [0.2, 0.25) is 0 Å². The number of nitrogens with zero attached hydrogens (tertiary/aromatic N) is 2. The molecule has 2 rings (SSSR count). The second kappa shape index (κ2) is 7.31. The molecule has 0 aromatic heterocycles. The molecule has 2 fully saturated rings. The van der Waals surface area contributed by atoms with Crippen molar-refractivity contribution in [3.63, 3.8) is 0 Å². The maximum absolute atomic E-state index is 12.5. The van der Waals surface area contributed by atoms with E-state index in [0.717, 1.165) is 32.4 Å². The second-order valence-corrected chi connectivity index (χ2v) is 6.74. The molecule has 0 radical (unpaired) electrons. The maximum atomic E-state index is 12.5. The van der Waals surface area contributed by atoms with Crippen LogP contribution in [0.3, 0.4) is 0 Å². The molecule has 0 aliphatic carbocycles. The monoisotopic (exact) mass is 311 g/mol. The van der Waals surface area contributed by atoms with E-state index < -0.39 is 12.2 Å². The minimum absolute atomic E-state index is 0.0668. The highest BCUT2D eigenvalue weighted by Crippen LogP contribution is 2.30. The van der Waals surface area contributed by atoms with E-state index in [9.17, 15) is 9.59 Å². The molecule has 2 N–H and O–H groups in total. The van der Waals surface area contributed by atoms with Gasteiger partial charge in [0, 0.05) is 38.1 Å². The van der Waals surface area contributed by atoms with Crippen LogP contribution in [0, 0.1) is 5.92 Å². The van der Waals surface area contributed by atoms with Gasteiger partial charge < -0.3 is 20.3 Å². The van der Waals surface area contributed by atoms with Gasteiger partial charge in [-0.15, -0.1) is 0 Å². The fourth-order valence-corrected chi connectivity index (χ4v) is 3.84. The molecule has 3 atom stereocenters. The minimum atomic E-state index is -0.861. The Balaban J connectivity index is 2.03. The summed E-state index contributed by atoms with van der Waals surface area (Å²) < 4.78 is 4.94. The number of carbonyl (C=O) groups excluding carboxylic acids is 2. The van der Waals surface area contributed by atoms with Crippen LogP contribution in [0.25, 0.3) is 0 Å². The van der Waals surface area contributed by atoms with Crippen molar-refractivity contribution in [2.75, 3.05) is 19.6 Å². The number of primary amides is 1. The fourth-order valence-electron chi connectivity index (χ4n) is 3.84. The van der Waals surface area contributed by atoms with Gasteiger partial charge in [-0.2, -0.15) is 0 Å². The van der Waals surface area contributed by atoms with Gasteiger partial charge in [0.15, 0.2) is 6.10 Å². The van der Waals surface area contributed by atoms with Crippen molar-refractivity contribution < 1.29 is 14.3 Å². The molecule has 2 aliphatic rings. The zero-order valence-corrected chi connectivity index (χ0v) is 14.0. The van der Waals surface area contributed by atoms with Crippen LogP contribution in [0.15, 0.2) is 0 Å². The first kappa shape index (κ1) is 17.1. The molecule has 2 amide bonds. The summed E-state index contributed by atoms with van der Waals surface area (Å²) in [5.41, 5.74) is 5.05. The number of piperidine rings is 1. The van der Waals surface area contributed by atoms with Crippen molar-refractivity contribution in [1.82, 2.24) is 9.80 Å². The Morgan fingerprint density at radius 1 is 1.36 bits per heavy atom. The average Bonchev–Trinajstić information content (AvgIpc) is 2.80. The third-order valence-corrected chi connectivity index (χ3v) is 4.96. The first-order chi connectivity index (χ1) is 10.4. The predicted molar refractivity (Wildman–Crippen MR) is 84.3 cm³/mol. The Hall–Kier alpha value is -1.30. The van der Waals surface area contributed by atoms with E-state index >= 15 is 0 Å². The predicted octanol–water partition coefficient (Wildman–Crippen LogP) is 1.58. The number of nitrogens with two attached hydrogens (primary N) is 1. The van der Waals surface area contributed by atoms with Gasteiger partial charge >= 0.3 is 6.09 Å². The van der Waals surface area contributed by atoms with Crippen molar-refractivity contribution in [1.29, 1.82) is 0 Å². The fraction of sp³-hybridized carbons (Fsp3) is 0.875. The number of hydrogen-bond acceptors (Lipinski definition) is 4. The third kappa shape index (κ3) is 3.72. The lowest BCUT2D eigenvalue weighted by atomic mass is 9.87. The van der Waals surface area contributed by atoms with Crippen molar-refractivity contribution >= 4 is 12.0 Å². The van der Waals surface area contributed by atoms with E-state index in [4.69, 9.17) is 10.5 Å². The molecule has 6 nitrogen and oxygen atoms in total. The van der Waals surface area contributed by atoms with Crippen LogP contribution >= 0.6 is 0 Å². The van der Waals surface area contributed by atoms with Crippen LogP contribution in [0.4, 0.5) is 4.79 Å². The summed E-state index contributed by atoms with van der Waals surface area (Å²) >= 11 is 0. The Morgan fingerprint density at radius 3 is 2.68 bits per heavy atom. The van der Waals surface area contributed by atoms with E-state index in [1.807, 2.05) is 4.90 Å². The summed E-state index contributed by atoms with van der Waals surface area (Å²) in [7, 11) is 0. The number of carbonyl (C=O) groups is 2. The van der Waals surface area contributed by atoms with Gasteiger partial charge in [0.1, 0.15) is 0 Å². The molecule has 6 heteroatoms. The Kier molecular flexibility index (Phi) is 5.67. The van der Waals surface area contributed by atoms with Gasteiger partial charge in [-0.25, -0.2) is 4.79 Å². The molecular formula is C16H29N3O3. The Labute approximate surface area is 132 Å². The van der Waals surface area contributed by atoms with Crippen molar-refractivity contribution in [3.05, 3.63) is 0 Å². The van der Waals surface area contributed by atoms with Gasteiger partial charge in [0.25, 0.3) is 5.91 Å². The number of rotatable bonds is 5. The molecule has 2 aliphatic heterocycles. The first-order valence-corrected chi connectivity index (χ1v) is 8.44. The van der Waals surface area contributed by atoms with Crippen LogP contribution < -0.4 is 5.73 Å². The highest BCUT2D eigenvalue weighted by Gasteiger charge is 2.42. The zero-order valence-electron chi connectivity index (χ0n) is 14.0. The number of ether oxygens (including phenoxy) is 1. The van der Waals surface area contributed by atoms with Gasteiger partial charge in [-0.05, 0) is 32.6 Å². The minimum Gasteiger partial charge on any atom is -0.436 e. The molecule has 126 valence electrons. The molecule has 0 unspecified atom stereocenters. The van der Waals surface area contributed by atoms with E-state index in [2.05, 4.69) is 25.7 Å². The number of likely N-dealkylation sites (tertiary alicyclic amines) is 2. The smallest absolute Gasteiger partial charge is 0.405 e. The zero-order chi connectivity index (χ0) is 16.3. The molecule has 0 aromatic rings. The maximum Gasteiger partial charge on any atom is 0.405 e. The van der Waals surface area contributed by atoms with E-state index in [0.29, 0.717) is 24.9 Å². The largest absolute Gasteiger partial charge is 0.436 e. The SMILES string of the molecule is CCC[C@H]1CN(C(C)C)CC[C@@H]1N1CC[C@H](OC(N)=O)C1=O. The van der Waals surface area contributed by atoms with Crippen molar-refractivity contribution in [2.45, 2.75) is 64.6 Å². The van der Waals surface area contributed by atoms with Crippen LogP contribution in [-0.2, 0) is 9.53 Å². The Bertz CT molecular complexity index is 413. The molecule has 22 heavy (non-hydrogen) atoms. The summed E-state index contributed by atoms with van der Waals surface area (Å²) in [6.07, 6.45) is 2.26. The molecule has 0 aromatic carbocycles. The summed E-state index contributed by atoms with van der Waals surface area (Å²) in [6, 6.07) is 0.810. The molecule has 0 saturated carbocycles. The van der Waals surface area contributed by atoms with Gasteiger partial charge in [-0.1, -0.05) is 13.3 Å². The number of hydrogen-bond donors (Lipinski definition) is 1. The average molecular weight is 311 g/mol. The van der Waals surface area contributed by atoms with Crippen LogP contribution in [0.1, 0.15) is 46.5 Å². The lowest BCUT2D eigenvalue weighted by molar-refractivity contribution is -0.138. The van der Waals surface area contributed by atoms with Crippen LogP contribution in [-0.4, -0.2) is 59.6 Å². The summed E-state index contributed by atoms with van der Waals surface area (Å²) in [5.74, 6) is 0.431. The lowest BCUT2D eigenvalue weighted by Crippen LogP contribution is -2.53.